The molecule has 2 aromatic heterocycles. The van der Waals surface area contributed by atoms with E-state index >= 15 is 0 Å². The van der Waals surface area contributed by atoms with Crippen molar-refractivity contribution in [3.8, 4) is 5.82 Å². The highest BCUT2D eigenvalue weighted by Gasteiger charge is 2.11. The van der Waals surface area contributed by atoms with Gasteiger partial charge in [-0.1, -0.05) is 0 Å². The van der Waals surface area contributed by atoms with E-state index in [1.807, 2.05) is 6.92 Å². The highest BCUT2D eigenvalue weighted by Crippen LogP contribution is 2.06. The van der Waals surface area contributed by atoms with Crippen molar-refractivity contribution < 1.29 is 9.90 Å². The van der Waals surface area contributed by atoms with Crippen LogP contribution < -0.4 is 5.32 Å². The number of carbonyl (C=O) groups excluding carboxylic acids is 1. The summed E-state index contributed by atoms with van der Waals surface area (Å²) in [6, 6.07) is 3.31. The molecular formula is C13H17N5O2. The molecule has 7 heteroatoms. The van der Waals surface area contributed by atoms with Gasteiger partial charge < -0.3 is 10.4 Å². The van der Waals surface area contributed by atoms with Crippen LogP contribution in [0.3, 0.4) is 0 Å². The van der Waals surface area contributed by atoms with Crippen molar-refractivity contribution in [2.75, 3.05) is 6.61 Å². The maximum Gasteiger partial charge on any atom is 0.251 e. The molecule has 0 bridgehead atoms. The van der Waals surface area contributed by atoms with Gasteiger partial charge >= 0.3 is 0 Å². The Morgan fingerprint density at radius 1 is 1.55 bits per heavy atom. The summed E-state index contributed by atoms with van der Waals surface area (Å²) in [5, 5.41) is 15.6. The minimum atomic E-state index is -0.167. The van der Waals surface area contributed by atoms with Gasteiger partial charge in [0.2, 0.25) is 0 Å². The summed E-state index contributed by atoms with van der Waals surface area (Å²) in [7, 11) is 0. The number of carbonyl (C=O) groups is 1. The molecule has 0 spiro atoms. The molecular weight excluding hydrogens is 258 g/mol. The Morgan fingerprint density at radius 2 is 2.40 bits per heavy atom. The Bertz CT molecular complexity index is 556. The minimum absolute atomic E-state index is 0.0117. The van der Waals surface area contributed by atoms with Crippen LogP contribution in [-0.4, -0.2) is 43.4 Å². The number of aromatic nitrogens is 4. The van der Waals surface area contributed by atoms with Gasteiger partial charge in [-0.05, 0) is 31.9 Å². The molecule has 0 aromatic carbocycles. The first-order chi connectivity index (χ1) is 9.70. The topological polar surface area (TPSA) is 92.9 Å². The summed E-state index contributed by atoms with van der Waals surface area (Å²) < 4.78 is 1.49. The first-order valence-corrected chi connectivity index (χ1v) is 6.43. The maximum atomic E-state index is 12.1. The van der Waals surface area contributed by atoms with E-state index in [-0.39, 0.29) is 18.6 Å². The first-order valence-electron chi connectivity index (χ1n) is 6.43. The van der Waals surface area contributed by atoms with Crippen molar-refractivity contribution in [3.63, 3.8) is 0 Å². The highest BCUT2D eigenvalue weighted by molar-refractivity contribution is 5.94. The lowest BCUT2D eigenvalue weighted by Crippen LogP contribution is -2.32. The Morgan fingerprint density at radius 3 is 3.10 bits per heavy atom. The van der Waals surface area contributed by atoms with Crippen LogP contribution in [0.15, 0.2) is 31.0 Å². The molecule has 0 fully saturated rings. The number of aliphatic hydroxyl groups is 1. The van der Waals surface area contributed by atoms with E-state index in [1.54, 1.807) is 18.3 Å². The maximum absolute atomic E-state index is 12.1. The van der Waals surface area contributed by atoms with Gasteiger partial charge in [0.15, 0.2) is 5.82 Å². The third-order valence-electron chi connectivity index (χ3n) is 2.83. The van der Waals surface area contributed by atoms with E-state index in [4.69, 9.17) is 5.11 Å². The number of nitrogens with one attached hydrogen (secondary N) is 1. The molecule has 1 amide bonds. The van der Waals surface area contributed by atoms with E-state index in [2.05, 4.69) is 20.4 Å². The van der Waals surface area contributed by atoms with Gasteiger partial charge in [0, 0.05) is 24.4 Å². The Balaban J connectivity index is 2.05. The molecule has 106 valence electrons. The summed E-state index contributed by atoms with van der Waals surface area (Å²) in [5.41, 5.74) is 0.515. The van der Waals surface area contributed by atoms with E-state index < -0.39 is 0 Å². The SMILES string of the molecule is CC(CCCO)NC(=O)c1ccnc(-n2cncn2)c1. The lowest BCUT2D eigenvalue weighted by atomic mass is 10.1. The quantitative estimate of drug-likeness (QED) is 0.803. The van der Waals surface area contributed by atoms with Gasteiger partial charge in [-0.3, -0.25) is 4.79 Å². The average molecular weight is 275 g/mol. The molecule has 2 aromatic rings. The Kier molecular flexibility index (Phi) is 4.78. The van der Waals surface area contributed by atoms with Crippen molar-refractivity contribution in [1.82, 2.24) is 25.1 Å². The molecule has 0 saturated carbocycles. The molecule has 1 unspecified atom stereocenters. The van der Waals surface area contributed by atoms with Crippen molar-refractivity contribution >= 4 is 5.91 Å². The van der Waals surface area contributed by atoms with Gasteiger partial charge in [-0.15, -0.1) is 0 Å². The van der Waals surface area contributed by atoms with E-state index in [9.17, 15) is 4.79 Å². The second-order valence-corrected chi connectivity index (χ2v) is 4.48. The molecule has 0 aliphatic rings. The first kappa shape index (κ1) is 14.1. The summed E-state index contributed by atoms with van der Waals surface area (Å²) in [5.74, 6) is 0.373. The zero-order valence-corrected chi connectivity index (χ0v) is 11.2. The lowest BCUT2D eigenvalue weighted by Gasteiger charge is -2.13. The molecule has 20 heavy (non-hydrogen) atoms. The Hall–Kier alpha value is -2.28. The van der Waals surface area contributed by atoms with Crippen molar-refractivity contribution in [2.24, 2.45) is 0 Å². The van der Waals surface area contributed by atoms with Crippen LogP contribution in [0.4, 0.5) is 0 Å². The second-order valence-electron chi connectivity index (χ2n) is 4.48. The summed E-state index contributed by atoms with van der Waals surface area (Å²) >= 11 is 0. The smallest absolute Gasteiger partial charge is 0.251 e. The number of aliphatic hydroxyl groups excluding tert-OH is 1. The van der Waals surface area contributed by atoms with Crippen molar-refractivity contribution in [2.45, 2.75) is 25.8 Å². The zero-order chi connectivity index (χ0) is 14.4. The van der Waals surface area contributed by atoms with Crippen LogP contribution in [0.25, 0.3) is 5.82 Å². The molecule has 2 heterocycles. The summed E-state index contributed by atoms with van der Waals surface area (Å²) in [6.07, 6.45) is 5.90. The average Bonchev–Trinajstić information content (AvgIpc) is 2.99. The molecule has 0 aliphatic carbocycles. The van der Waals surface area contributed by atoms with Gasteiger partial charge in [0.1, 0.15) is 12.7 Å². The van der Waals surface area contributed by atoms with Crippen molar-refractivity contribution in [3.05, 3.63) is 36.5 Å². The second kappa shape index (κ2) is 6.76. The number of amides is 1. The molecule has 0 radical (unpaired) electrons. The molecule has 2 N–H and O–H groups in total. The fraction of sp³-hybridized carbons (Fsp3) is 0.385. The monoisotopic (exact) mass is 275 g/mol. The van der Waals surface area contributed by atoms with Crippen LogP contribution >= 0.6 is 0 Å². The number of pyridine rings is 1. The number of nitrogens with zero attached hydrogens (tertiary/aromatic N) is 4. The lowest BCUT2D eigenvalue weighted by molar-refractivity contribution is 0.0936. The molecule has 0 saturated heterocycles. The largest absolute Gasteiger partial charge is 0.396 e. The molecule has 2 rings (SSSR count). The fourth-order valence-electron chi connectivity index (χ4n) is 1.79. The zero-order valence-electron chi connectivity index (χ0n) is 11.2. The van der Waals surface area contributed by atoms with E-state index in [0.29, 0.717) is 17.8 Å². The number of hydrogen-bond donors (Lipinski definition) is 2. The van der Waals surface area contributed by atoms with Crippen LogP contribution in [-0.2, 0) is 0 Å². The van der Waals surface area contributed by atoms with Crippen molar-refractivity contribution in [1.29, 1.82) is 0 Å². The molecule has 0 aliphatic heterocycles. The summed E-state index contributed by atoms with van der Waals surface area (Å²) in [4.78, 5) is 20.1. The van der Waals surface area contributed by atoms with E-state index in [0.717, 1.165) is 6.42 Å². The van der Waals surface area contributed by atoms with Crippen LogP contribution in [0, 0.1) is 0 Å². The summed E-state index contributed by atoms with van der Waals surface area (Å²) in [6.45, 7) is 2.04. The van der Waals surface area contributed by atoms with Gasteiger partial charge in [0.05, 0.1) is 0 Å². The predicted octanol–water partition coefficient (Wildman–Crippen LogP) is 0.553. The number of hydrogen-bond acceptors (Lipinski definition) is 5. The Labute approximate surface area is 116 Å². The predicted molar refractivity (Wildman–Crippen MR) is 72.4 cm³/mol. The molecule has 7 nitrogen and oxygen atoms in total. The third-order valence-corrected chi connectivity index (χ3v) is 2.83. The van der Waals surface area contributed by atoms with Gasteiger partial charge in [0.25, 0.3) is 5.91 Å². The standard InChI is InChI=1S/C13H17N5O2/c1-10(3-2-6-19)17-13(20)11-4-5-15-12(7-11)18-9-14-8-16-18/h4-5,7-10,19H,2-3,6H2,1H3,(H,17,20). The highest BCUT2D eigenvalue weighted by atomic mass is 16.3. The van der Waals surface area contributed by atoms with E-state index in [1.165, 1.54) is 17.3 Å². The van der Waals surface area contributed by atoms with Gasteiger partial charge in [-0.2, -0.15) is 5.10 Å². The van der Waals surface area contributed by atoms with Crippen LogP contribution in [0.1, 0.15) is 30.1 Å². The number of rotatable bonds is 6. The van der Waals surface area contributed by atoms with Crippen LogP contribution in [0.5, 0.6) is 0 Å². The van der Waals surface area contributed by atoms with Gasteiger partial charge in [-0.25, -0.2) is 14.6 Å². The minimum Gasteiger partial charge on any atom is -0.396 e. The van der Waals surface area contributed by atoms with Crippen LogP contribution in [0.2, 0.25) is 0 Å². The normalized spacial score (nSPS) is 12.1. The molecule has 1 atom stereocenters. The third kappa shape index (κ3) is 3.61. The fourth-order valence-corrected chi connectivity index (χ4v) is 1.79.